The lowest BCUT2D eigenvalue weighted by molar-refractivity contribution is 0.0728. The van der Waals surface area contributed by atoms with Crippen LogP contribution in [0.25, 0.3) is 11.5 Å². The summed E-state index contributed by atoms with van der Waals surface area (Å²) in [7, 11) is -3.32. The molecule has 0 radical (unpaired) electrons. The Bertz CT molecular complexity index is 1110. The predicted octanol–water partition coefficient (Wildman–Crippen LogP) is 3.85. The second-order valence-electron chi connectivity index (χ2n) is 6.50. The summed E-state index contributed by atoms with van der Waals surface area (Å²) in [6, 6.07) is 13.0. The van der Waals surface area contributed by atoms with Gasteiger partial charge in [-0.25, -0.2) is 8.42 Å². The molecule has 7 nitrogen and oxygen atoms in total. The Labute approximate surface area is 174 Å². The Hall–Kier alpha value is -2.71. The quantitative estimate of drug-likeness (QED) is 0.561. The molecule has 0 aliphatic carbocycles. The van der Waals surface area contributed by atoms with Gasteiger partial charge in [0.1, 0.15) is 0 Å². The van der Waals surface area contributed by atoms with Crippen LogP contribution in [0.2, 0.25) is 5.02 Å². The SMILES string of the molecule is CCCN(Cc1nnc(-c2ccccc2Cl)o1)C(=O)c1ccc(S(C)(=O)=O)cc1. The van der Waals surface area contributed by atoms with Gasteiger partial charge in [-0.15, -0.1) is 10.2 Å². The number of nitrogens with zero attached hydrogens (tertiary/aromatic N) is 3. The maximum Gasteiger partial charge on any atom is 0.254 e. The van der Waals surface area contributed by atoms with Crippen LogP contribution in [0.1, 0.15) is 29.6 Å². The first-order valence-electron chi connectivity index (χ1n) is 8.96. The van der Waals surface area contributed by atoms with Crippen molar-refractivity contribution < 1.29 is 17.6 Å². The minimum absolute atomic E-state index is 0.137. The lowest BCUT2D eigenvalue weighted by Gasteiger charge is -2.20. The fourth-order valence-corrected chi connectivity index (χ4v) is 3.62. The molecule has 0 fully saturated rings. The first-order valence-corrected chi connectivity index (χ1v) is 11.2. The maximum atomic E-state index is 12.9. The third kappa shape index (κ3) is 5.02. The van der Waals surface area contributed by atoms with Gasteiger partial charge in [-0.3, -0.25) is 4.79 Å². The molecule has 1 aromatic heterocycles. The highest BCUT2D eigenvalue weighted by molar-refractivity contribution is 7.90. The molecule has 152 valence electrons. The molecule has 3 aromatic rings. The van der Waals surface area contributed by atoms with E-state index in [0.29, 0.717) is 22.7 Å². The summed E-state index contributed by atoms with van der Waals surface area (Å²) in [6.07, 6.45) is 1.86. The number of hydrogen-bond acceptors (Lipinski definition) is 6. The van der Waals surface area contributed by atoms with Crippen molar-refractivity contribution in [3.63, 3.8) is 0 Å². The fourth-order valence-electron chi connectivity index (χ4n) is 2.77. The molecular weight excluding hydrogens is 414 g/mol. The first kappa shape index (κ1) is 21.0. The van der Waals surface area contributed by atoms with Gasteiger partial charge in [0.2, 0.25) is 11.8 Å². The van der Waals surface area contributed by atoms with Crippen molar-refractivity contribution in [2.45, 2.75) is 24.8 Å². The number of sulfone groups is 1. The van der Waals surface area contributed by atoms with E-state index in [1.807, 2.05) is 13.0 Å². The largest absolute Gasteiger partial charge is 0.419 e. The maximum absolute atomic E-state index is 12.9. The summed E-state index contributed by atoms with van der Waals surface area (Å²) in [5.74, 6) is 0.325. The molecule has 0 atom stereocenters. The van der Waals surface area contributed by atoms with E-state index in [1.54, 1.807) is 23.1 Å². The Morgan fingerprint density at radius 3 is 2.41 bits per heavy atom. The minimum Gasteiger partial charge on any atom is -0.419 e. The van der Waals surface area contributed by atoms with Crippen molar-refractivity contribution in [1.29, 1.82) is 0 Å². The smallest absolute Gasteiger partial charge is 0.254 e. The second kappa shape index (κ2) is 8.75. The van der Waals surface area contributed by atoms with Crippen molar-refractivity contribution in [2.75, 3.05) is 12.8 Å². The van der Waals surface area contributed by atoms with E-state index in [9.17, 15) is 13.2 Å². The number of aromatic nitrogens is 2. The summed E-state index contributed by atoms with van der Waals surface area (Å²) in [5.41, 5.74) is 1.01. The average Bonchev–Trinajstić information content (AvgIpc) is 3.15. The molecule has 0 aliphatic rings. The Morgan fingerprint density at radius 2 is 1.79 bits per heavy atom. The highest BCUT2D eigenvalue weighted by atomic mass is 35.5. The van der Waals surface area contributed by atoms with Crippen molar-refractivity contribution >= 4 is 27.3 Å². The Kier molecular flexibility index (Phi) is 6.34. The summed E-state index contributed by atoms with van der Waals surface area (Å²) >= 11 is 6.16. The van der Waals surface area contributed by atoms with E-state index in [2.05, 4.69) is 10.2 Å². The van der Waals surface area contributed by atoms with Crippen molar-refractivity contribution in [1.82, 2.24) is 15.1 Å². The van der Waals surface area contributed by atoms with Gasteiger partial charge >= 0.3 is 0 Å². The molecule has 0 unspecified atom stereocenters. The monoisotopic (exact) mass is 433 g/mol. The third-order valence-corrected chi connectivity index (χ3v) is 5.67. The predicted molar refractivity (Wildman–Crippen MR) is 109 cm³/mol. The standard InChI is InChI=1S/C20H20ClN3O4S/c1-3-12-24(20(25)14-8-10-15(11-9-14)29(2,26)27)13-18-22-23-19(28-18)16-6-4-5-7-17(16)21/h4-11H,3,12-13H2,1-2H3. The van der Waals surface area contributed by atoms with Gasteiger partial charge in [0.15, 0.2) is 9.84 Å². The average molecular weight is 434 g/mol. The molecule has 29 heavy (non-hydrogen) atoms. The number of amides is 1. The van der Waals surface area contributed by atoms with Crippen molar-refractivity contribution in [2.24, 2.45) is 0 Å². The molecule has 0 bridgehead atoms. The van der Waals surface area contributed by atoms with Gasteiger partial charge in [0.25, 0.3) is 5.91 Å². The van der Waals surface area contributed by atoms with Crippen molar-refractivity contribution in [3.8, 4) is 11.5 Å². The summed E-state index contributed by atoms with van der Waals surface area (Å²) in [6.45, 7) is 2.57. The molecule has 0 saturated heterocycles. The number of rotatable bonds is 7. The van der Waals surface area contributed by atoms with Crippen LogP contribution in [0.15, 0.2) is 57.8 Å². The van der Waals surface area contributed by atoms with Crippen LogP contribution in [0.5, 0.6) is 0 Å². The van der Waals surface area contributed by atoms with Gasteiger partial charge in [-0.1, -0.05) is 30.7 Å². The van der Waals surface area contributed by atoms with Crippen LogP contribution in [0.4, 0.5) is 0 Å². The van der Waals surface area contributed by atoms with E-state index >= 15 is 0 Å². The minimum atomic E-state index is -3.32. The van der Waals surface area contributed by atoms with Crippen LogP contribution in [0, 0.1) is 0 Å². The van der Waals surface area contributed by atoms with Crippen LogP contribution < -0.4 is 0 Å². The summed E-state index contributed by atoms with van der Waals surface area (Å²) < 4.78 is 28.9. The molecule has 1 heterocycles. The van der Waals surface area contributed by atoms with E-state index < -0.39 is 9.84 Å². The van der Waals surface area contributed by atoms with Crippen LogP contribution in [-0.2, 0) is 16.4 Å². The zero-order valence-corrected chi connectivity index (χ0v) is 17.6. The zero-order chi connectivity index (χ0) is 21.0. The number of carbonyl (C=O) groups excluding carboxylic acids is 1. The highest BCUT2D eigenvalue weighted by Crippen LogP contribution is 2.26. The molecule has 3 rings (SSSR count). The van der Waals surface area contributed by atoms with Gasteiger partial charge in [-0.2, -0.15) is 0 Å². The second-order valence-corrected chi connectivity index (χ2v) is 8.93. The molecular formula is C20H20ClN3O4S. The zero-order valence-electron chi connectivity index (χ0n) is 16.0. The topological polar surface area (TPSA) is 93.4 Å². The number of halogens is 1. The van der Waals surface area contributed by atoms with E-state index in [1.165, 1.54) is 24.3 Å². The first-order chi connectivity index (χ1) is 13.8. The molecule has 0 aliphatic heterocycles. The number of carbonyl (C=O) groups is 1. The van der Waals surface area contributed by atoms with Crippen LogP contribution >= 0.6 is 11.6 Å². The summed E-state index contributed by atoms with van der Waals surface area (Å²) in [4.78, 5) is 14.6. The van der Waals surface area contributed by atoms with Gasteiger partial charge in [0, 0.05) is 18.4 Å². The molecule has 2 aromatic carbocycles. The number of benzene rings is 2. The molecule has 9 heteroatoms. The number of hydrogen-bond donors (Lipinski definition) is 0. The normalized spacial score (nSPS) is 11.4. The molecule has 0 N–H and O–H groups in total. The lowest BCUT2D eigenvalue weighted by atomic mass is 10.2. The highest BCUT2D eigenvalue weighted by Gasteiger charge is 2.20. The van der Waals surface area contributed by atoms with E-state index in [-0.39, 0.29) is 29.1 Å². The molecule has 0 saturated carbocycles. The molecule has 1 amide bonds. The van der Waals surface area contributed by atoms with E-state index in [0.717, 1.165) is 12.7 Å². The van der Waals surface area contributed by atoms with Crippen LogP contribution in [0.3, 0.4) is 0 Å². The third-order valence-electron chi connectivity index (χ3n) is 4.21. The lowest BCUT2D eigenvalue weighted by Crippen LogP contribution is -2.31. The fraction of sp³-hybridized carbons (Fsp3) is 0.250. The molecule has 0 spiro atoms. The Morgan fingerprint density at radius 1 is 1.10 bits per heavy atom. The summed E-state index contributed by atoms with van der Waals surface area (Å²) in [5, 5.41) is 8.55. The Balaban J connectivity index is 1.80. The van der Waals surface area contributed by atoms with Gasteiger partial charge in [-0.05, 0) is 42.8 Å². The van der Waals surface area contributed by atoms with E-state index in [4.69, 9.17) is 16.0 Å². The van der Waals surface area contributed by atoms with Gasteiger partial charge < -0.3 is 9.32 Å². The van der Waals surface area contributed by atoms with Crippen LogP contribution in [-0.4, -0.2) is 42.2 Å². The van der Waals surface area contributed by atoms with Gasteiger partial charge in [0.05, 0.1) is 22.0 Å². The van der Waals surface area contributed by atoms with Crippen molar-refractivity contribution in [3.05, 3.63) is 65.0 Å².